The molecule has 0 saturated carbocycles. The molecule has 0 aliphatic heterocycles. The van der Waals surface area contributed by atoms with Crippen LogP contribution in [0.5, 0.6) is 0 Å². The summed E-state index contributed by atoms with van der Waals surface area (Å²) in [5.74, 6) is 0. The number of rotatable bonds is 0. The summed E-state index contributed by atoms with van der Waals surface area (Å²) in [6, 6.07) is 14.1. The number of aromatic nitrogens is 5. The van der Waals surface area contributed by atoms with Crippen LogP contribution >= 0.6 is 0 Å². The highest BCUT2D eigenvalue weighted by molar-refractivity contribution is 6.03. The molecule has 0 aliphatic carbocycles. The molecule has 0 saturated heterocycles. The van der Waals surface area contributed by atoms with E-state index in [0.29, 0.717) is 0 Å². The van der Waals surface area contributed by atoms with Crippen molar-refractivity contribution >= 4 is 38.7 Å². The van der Waals surface area contributed by atoms with E-state index in [0.717, 1.165) is 44.4 Å². The number of imidazole rings is 1. The van der Waals surface area contributed by atoms with Gasteiger partial charge in [0.2, 0.25) is 0 Å². The Labute approximate surface area is 131 Å². The standard InChI is InChI=1S/C18H13N5/c1-10-9-11(2)19-17-12(10)7-8-15-20-16-13-5-3-4-6-14(13)21-22-18(16)23(15)17/h3-9H,1-2H3. The molecule has 23 heavy (non-hydrogen) atoms. The maximum atomic E-state index is 4.77. The Hall–Kier alpha value is -3.08. The molecule has 0 unspecified atom stereocenters. The molecule has 0 N–H and O–H groups in total. The smallest absolute Gasteiger partial charge is 0.189 e. The number of fused-ring (bicyclic) bond motifs is 7. The Morgan fingerprint density at radius 1 is 0.826 bits per heavy atom. The van der Waals surface area contributed by atoms with E-state index in [4.69, 9.17) is 9.97 Å². The molecular formula is C18H13N5. The van der Waals surface area contributed by atoms with Crippen molar-refractivity contribution < 1.29 is 0 Å². The first-order chi connectivity index (χ1) is 11.2. The van der Waals surface area contributed by atoms with Crippen LogP contribution in [0.4, 0.5) is 0 Å². The van der Waals surface area contributed by atoms with Crippen LogP contribution < -0.4 is 0 Å². The van der Waals surface area contributed by atoms with Gasteiger partial charge in [-0.1, -0.05) is 18.2 Å². The normalized spacial score (nSPS) is 11.9. The van der Waals surface area contributed by atoms with Crippen molar-refractivity contribution in [1.29, 1.82) is 0 Å². The summed E-state index contributed by atoms with van der Waals surface area (Å²) in [4.78, 5) is 9.50. The molecule has 5 rings (SSSR count). The van der Waals surface area contributed by atoms with Crippen LogP contribution in [0.3, 0.4) is 0 Å². The number of hydrogen-bond acceptors (Lipinski definition) is 4. The van der Waals surface area contributed by atoms with Crippen LogP contribution in [0, 0.1) is 13.8 Å². The predicted octanol–water partition coefficient (Wildman–Crippen LogP) is 3.60. The van der Waals surface area contributed by atoms with E-state index in [1.54, 1.807) is 0 Å². The number of benzene rings is 1. The molecule has 4 aromatic heterocycles. The van der Waals surface area contributed by atoms with E-state index < -0.39 is 0 Å². The van der Waals surface area contributed by atoms with E-state index in [9.17, 15) is 0 Å². The van der Waals surface area contributed by atoms with Crippen molar-refractivity contribution in [3.63, 3.8) is 0 Å². The van der Waals surface area contributed by atoms with Gasteiger partial charge in [0.1, 0.15) is 16.8 Å². The summed E-state index contributed by atoms with van der Waals surface area (Å²) in [6.07, 6.45) is 0. The summed E-state index contributed by atoms with van der Waals surface area (Å²) >= 11 is 0. The zero-order valence-electron chi connectivity index (χ0n) is 12.8. The van der Waals surface area contributed by atoms with E-state index in [1.807, 2.05) is 41.7 Å². The topological polar surface area (TPSA) is 56.0 Å². The van der Waals surface area contributed by atoms with Crippen molar-refractivity contribution in [2.45, 2.75) is 13.8 Å². The lowest BCUT2D eigenvalue weighted by Gasteiger charge is -2.06. The highest BCUT2D eigenvalue weighted by atomic mass is 15.2. The number of pyridine rings is 2. The molecule has 0 atom stereocenters. The molecule has 1 aromatic carbocycles. The molecular weight excluding hydrogens is 286 g/mol. The van der Waals surface area contributed by atoms with Crippen molar-refractivity contribution in [2.75, 3.05) is 0 Å². The molecule has 0 amide bonds. The lowest BCUT2D eigenvalue weighted by Crippen LogP contribution is -1.97. The first kappa shape index (κ1) is 12.5. The van der Waals surface area contributed by atoms with Crippen molar-refractivity contribution in [1.82, 2.24) is 24.6 Å². The number of hydrogen-bond donors (Lipinski definition) is 0. The fraction of sp³-hybridized carbons (Fsp3) is 0.111. The number of aryl methyl sites for hydroxylation is 2. The average Bonchev–Trinajstić information content (AvgIpc) is 2.94. The number of nitrogens with zero attached hydrogens (tertiary/aromatic N) is 5. The Morgan fingerprint density at radius 3 is 2.61 bits per heavy atom. The zero-order valence-corrected chi connectivity index (χ0v) is 12.8. The second-order valence-corrected chi connectivity index (χ2v) is 5.85. The van der Waals surface area contributed by atoms with E-state index >= 15 is 0 Å². The zero-order chi connectivity index (χ0) is 15.6. The van der Waals surface area contributed by atoms with Crippen LogP contribution in [-0.2, 0) is 0 Å². The lowest BCUT2D eigenvalue weighted by atomic mass is 10.1. The maximum absolute atomic E-state index is 4.77. The monoisotopic (exact) mass is 299 g/mol. The minimum Gasteiger partial charge on any atom is -0.259 e. The molecule has 110 valence electrons. The van der Waals surface area contributed by atoms with E-state index in [-0.39, 0.29) is 0 Å². The van der Waals surface area contributed by atoms with Gasteiger partial charge in [0.15, 0.2) is 5.65 Å². The Bertz CT molecular complexity index is 1240. The van der Waals surface area contributed by atoms with Crippen LogP contribution in [-0.4, -0.2) is 24.6 Å². The minimum atomic E-state index is 0.752. The molecule has 0 radical (unpaired) electrons. The summed E-state index contributed by atoms with van der Waals surface area (Å²) < 4.78 is 2.00. The fourth-order valence-electron chi connectivity index (χ4n) is 3.25. The van der Waals surface area contributed by atoms with Crippen LogP contribution in [0.1, 0.15) is 11.3 Å². The molecule has 0 fully saturated rings. The summed E-state index contributed by atoms with van der Waals surface area (Å²) in [5, 5.41) is 10.9. The van der Waals surface area contributed by atoms with Gasteiger partial charge in [-0.25, -0.2) is 9.97 Å². The second kappa shape index (κ2) is 4.23. The van der Waals surface area contributed by atoms with Gasteiger partial charge in [-0.05, 0) is 43.7 Å². The van der Waals surface area contributed by atoms with Gasteiger partial charge < -0.3 is 0 Å². The quantitative estimate of drug-likeness (QED) is 0.438. The maximum Gasteiger partial charge on any atom is 0.189 e. The van der Waals surface area contributed by atoms with Crippen LogP contribution in [0.25, 0.3) is 38.7 Å². The Morgan fingerprint density at radius 2 is 1.70 bits per heavy atom. The third-order valence-electron chi connectivity index (χ3n) is 4.27. The lowest BCUT2D eigenvalue weighted by molar-refractivity contribution is 1.07. The van der Waals surface area contributed by atoms with Gasteiger partial charge in [-0.15, -0.1) is 10.2 Å². The van der Waals surface area contributed by atoms with Gasteiger partial charge in [0.25, 0.3) is 0 Å². The molecule has 4 heterocycles. The SMILES string of the molecule is Cc1cc(C)c2ccc3nc4c5ccccc5nnc4n3c2n1. The summed E-state index contributed by atoms with van der Waals surface area (Å²) in [5.41, 5.74) is 6.38. The predicted molar refractivity (Wildman–Crippen MR) is 90.6 cm³/mol. The molecule has 0 bridgehead atoms. The van der Waals surface area contributed by atoms with Crippen LogP contribution in [0.2, 0.25) is 0 Å². The van der Waals surface area contributed by atoms with Gasteiger partial charge in [-0.2, -0.15) is 0 Å². The van der Waals surface area contributed by atoms with Crippen molar-refractivity contribution in [2.24, 2.45) is 0 Å². The first-order valence-electron chi connectivity index (χ1n) is 7.53. The molecule has 0 spiro atoms. The van der Waals surface area contributed by atoms with Gasteiger partial charge in [0.05, 0.1) is 5.52 Å². The minimum absolute atomic E-state index is 0.752. The van der Waals surface area contributed by atoms with Crippen LogP contribution in [0.15, 0.2) is 42.5 Å². The molecule has 5 heteroatoms. The average molecular weight is 299 g/mol. The molecule has 5 aromatic rings. The fourth-order valence-corrected chi connectivity index (χ4v) is 3.25. The Kier molecular flexibility index (Phi) is 2.29. The summed E-state index contributed by atoms with van der Waals surface area (Å²) in [7, 11) is 0. The van der Waals surface area contributed by atoms with Crippen molar-refractivity contribution in [3.05, 3.63) is 53.7 Å². The summed E-state index contributed by atoms with van der Waals surface area (Å²) in [6.45, 7) is 4.11. The van der Waals surface area contributed by atoms with E-state index in [1.165, 1.54) is 5.56 Å². The Balaban J connectivity index is 2.09. The van der Waals surface area contributed by atoms with E-state index in [2.05, 4.69) is 29.3 Å². The first-order valence-corrected chi connectivity index (χ1v) is 7.53. The molecule has 0 aliphatic rings. The second-order valence-electron chi connectivity index (χ2n) is 5.85. The molecule has 5 nitrogen and oxygen atoms in total. The third-order valence-corrected chi connectivity index (χ3v) is 4.27. The van der Waals surface area contributed by atoms with Crippen molar-refractivity contribution in [3.8, 4) is 0 Å². The third kappa shape index (κ3) is 1.61. The van der Waals surface area contributed by atoms with Gasteiger partial charge in [-0.3, -0.25) is 4.40 Å². The highest BCUT2D eigenvalue weighted by Gasteiger charge is 2.14. The largest absolute Gasteiger partial charge is 0.259 e. The highest BCUT2D eigenvalue weighted by Crippen LogP contribution is 2.26. The van der Waals surface area contributed by atoms with Gasteiger partial charge >= 0.3 is 0 Å². The van der Waals surface area contributed by atoms with Gasteiger partial charge in [0, 0.05) is 16.5 Å².